The Balaban J connectivity index is 1.37. The molecule has 4 rings (SSSR count). The van der Waals surface area contributed by atoms with Crippen molar-refractivity contribution < 1.29 is 0 Å². The van der Waals surface area contributed by atoms with Crippen molar-refractivity contribution in [3.8, 4) is 0 Å². The first-order valence-electron chi connectivity index (χ1n) is 8.77. The Morgan fingerprint density at radius 1 is 0.737 bits per heavy atom. The zero-order chi connectivity index (χ0) is 12.8. The number of nitrogens with zero attached hydrogens (tertiary/aromatic N) is 1. The van der Waals surface area contributed by atoms with Crippen LogP contribution in [-0.4, -0.2) is 36.1 Å². The van der Waals surface area contributed by atoms with Crippen LogP contribution in [0.2, 0.25) is 0 Å². The van der Waals surface area contributed by atoms with E-state index in [0.717, 1.165) is 36.0 Å². The van der Waals surface area contributed by atoms with E-state index < -0.39 is 0 Å². The van der Waals surface area contributed by atoms with Gasteiger partial charge < -0.3 is 10.2 Å². The maximum atomic E-state index is 3.79. The van der Waals surface area contributed by atoms with Gasteiger partial charge >= 0.3 is 0 Å². The fourth-order valence-electron chi connectivity index (χ4n) is 5.22. The van der Waals surface area contributed by atoms with Crippen LogP contribution in [0.4, 0.5) is 0 Å². The van der Waals surface area contributed by atoms with Crippen molar-refractivity contribution in [1.29, 1.82) is 0 Å². The number of piperidine rings is 1. The van der Waals surface area contributed by atoms with E-state index >= 15 is 0 Å². The highest BCUT2D eigenvalue weighted by atomic mass is 15.2. The molecular formula is C17H30N2. The second kappa shape index (κ2) is 5.04. The van der Waals surface area contributed by atoms with Crippen LogP contribution < -0.4 is 5.32 Å². The minimum atomic E-state index is 0.842. The average Bonchev–Trinajstić information content (AvgIpc) is 3.24. The van der Waals surface area contributed by atoms with Crippen molar-refractivity contribution in [2.24, 2.45) is 11.8 Å². The first-order chi connectivity index (χ1) is 9.29. The Morgan fingerprint density at radius 3 is 2.16 bits per heavy atom. The van der Waals surface area contributed by atoms with Crippen molar-refractivity contribution in [3.05, 3.63) is 0 Å². The van der Waals surface area contributed by atoms with E-state index in [9.17, 15) is 0 Å². The molecule has 2 heterocycles. The molecular weight excluding hydrogens is 232 g/mol. The Morgan fingerprint density at radius 2 is 1.47 bits per heavy atom. The molecule has 108 valence electrons. The maximum absolute atomic E-state index is 3.79. The summed E-state index contributed by atoms with van der Waals surface area (Å²) in [5.74, 6) is 2.21. The predicted octanol–water partition coefficient (Wildman–Crippen LogP) is 3.17. The predicted molar refractivity (Wildman–Crippen MR) is 79.2 cm³/mol. The first-order valence-corrected chi connectivity index (χ1v) is 8.77. The van der Waals surface area contributed by atoms with Crippen LogP contribution in [0.15, 0.2) is 0 Å². The molecule has 0 radical (unpaired) electrons. The molecule has 2 heteroatoms. The van der Waals surface area contributed by atoms with E-state index in [4.69, 9.17) is 0 Å². The zero-order valence-corrected chi connectivity index (χ0v) is 12.5. The van der Waals surface area contributed by atoms with Crippen LogP contribution in [0.25, 0.3) is 0 Å². The molecule has 19 heavy (non-hydrogen) atoms. The SMILES string of the molecule is CN(C1CC2CCC(C1)N2)C1CCCC(C2CC2)C1. The maximum Gasteiger partial charge on any atom is 0.0125 e. The van der Waals surface area contributed by atoms with E-state index in [1.165, 1.54) is 51.4 Å². The number of hydrogen-bond donors (Lipinski definition) is 1. The van der Waals surface area contributed by atoms with Crippen LogP contribution >= 0.6 is 0 Å². The summed E-state index contributed by atoms with van der Waals surface area (Å²) in [5, 5.41) is 3.79. The molecule has 1 N–H and O–H groups in total. The molecule has 0 spiro atoms. The molecule has 4 aliphatic rings. The topological polar surface area (TPSA) is 15.3 Å². The lowest BCUT2D eigenvalue weighted by atomic mass is 9.81. The van der Waals surface area contributed by atoms with Gasteiger partial charge in [0.2, 0.25) is 0 Å². The van der Waals surface area contributed by atoms with Crippen molar-refractivity contribution >= 4 is 0 Å². The van der Waals surface area contributed by atoms with Gasteiger partial charge in [0.15, 0.2) is 0 Å². The van der Waals surface area contributed by atoms with Crippen LogP contribution in [0.3, 0.4) is 0 Å². The summed E-state index contributed by atoms with van der Waals surface area (Å²) in [6.45, 7) is 0. The van der Waals surface area contributed by atoms with Crippen molar-refractivity contribution in [2.75, 3.05) is 7.05 Å². The minimum absolute atomic E-state index is 0.842. The zero-order valence-electron chi connectivity index (χ0n) is 12.5. The van der Waals surface area contributed by atoms with Gasteiger partial charge in [-0.1, -0.05) is 12.8 Å². The third-order valence-corrected chi connectivity index (χ3v) is 6.58. The highest BCUT2D eigenvalue weighted by Crippen LogP contribution is 2.45. The molecule has 4 unspecified atom stereocenters. The van der Waals surface area contributed by atoms with Gasteiger partial charge in [0, 0.05) is 24.2 Å². The molecule has 2 aliphatic carbocycles. The smallest absolute Gasteiger partial charge is 0.0125 e. The molecule has 4 fully saturated rings. The fourth-order valence-corrected chi connectivity index (χ4v) is 5.22. The van der Waals surface area contributed by atoms with Gasteiger partial charge in [0.25, 0.3) is 0 Å². The lowest BCUT2D eigenvalue weighted by Crippen LogP contribution is -2.51. The Kier molecular flexibility index (Phi) is 3.35. The monoisotopic (exact) mass is 262 g/mol. The summed E-state index contributed by atoms with van der Waals surface area (Å²) in [6, 6.07) is 3.46. The molecule has 0 amide bonds. The summed E-state index contributed by atoms with van der Waals surface area (Å²) in [7, 11) is 2.44. The summed E-state index contributed by atoms with van der Waals surface area (Å²) in [4.78, 5) is 2.81. The third-order valence-electron chi connectivity index (χ3n) is 6.58. The normalized spacial score (nSPS) is 46.7. The second-order valence-electron chi connectivity index (χ2n) is 7.85. The van der Waals surface area contributed by atoms with Crippen molar-refractivity contribution in [2.45, 2.75) is 88.4 Å². The Hall–Kier alpha value is -0.0800. The standard InChI is InChI=1S/C17H30N2/c1-19(17-10-14-7-8-15(11-17)18-14)16-4-2-3-13(9-16)12-5-6-12/h12-18H,2-11H2,1H3. The number of hydrogen-bond acceptors (Lipinski definition) is 2. The molecule has 0 aromatic rings. The van der Waals surface area contributed by atoms with Gasteiger partial charge in [-0.25, -0.2) is 0 Å². The molecule has 2 saturated carbocycles. The average molecular weight is 262 g/mol. The Labute approximate surface area is 118 Å². The molecule has 2 saturated heterocycles. The second-order valence-corrected chi connectivity index (χ2v) is 7.85. The summed E-state index contributed by atoms with van der Waals surface area (Å²) >= 11 is 0. The van der Waals surface area contributed by atoms with Crippen LogP contribution in [-0.2, 0) is 0 Å². The van der Waals surface area contributed by atoms with E-state index in [1.54, 1.807) is 12.8 Å². The third kappa shape index (κ3) is 2.58. The number of rotatable bonds is 3. The van der Waals surface area contributed by atoms with Crippen molar-refractivity contribution in [3.63, 3.8) is 0 Å². The van der Waals surface area contributed by atoms with E-state index in [0.29, 0.717) is 0 Å². The first kappa shape index (κ1) is 12.6. The minimum Gasteiger partial charge on any atom is -0.311 e. The molecule has 2 bridgehead atoms. The highest BCUT2D eigenvalue weighted by molar-refractivity contribution is 4.97. The van der Waals surface area contributed by atoms with Gasteiger partial charge in [-0.15, -0.1) is 0 Å². The largest absolute Gasteiger partial charge is 0.311 e. The van der Waals surface area contributed by atoms with E-state index in [-0.39, 0.29) is 0 Å². The molecule has 2 aliphatic heterocycles. The molecule has 2 nitrogen and oxygen atoms in total. The van der Waals surface area contributed by atoms with Gasteiger partial charge in [-0.3, -0.25) is 0 Å². The summed E-state index contributed by atoms with van der Waals surface area (Å²) in [6.07, 6.45) is 14.8. The Bertz CT molecular complexity index is 313. The van der Waals surface area contributed by atoms with Gasteiger partial charge in [0.1, 0.15) is 0 Å². The summed E-state index contributed by atoms with van der Waals surface area (Å²) < 4.78 is 0. The molecule has 0 aromatic carbocycles. The number of fused-ring (bicyclic) bond motifs is 2. The van der Waals surface area contributed by atoms with Crippen LogP contribution in [0.1, 0.15) is 64.2 Å². The van der Waals surface area contributed by atoms with Crippen LogP contribution in [0.5, 0.6) is 0 Å². The highest BCUT2D eigenvalue weighted by Gasteiger charge is 2.40. The van der Waals surface area contributed by atoms with Gasteiger partial charge in [-0.05, 0) is 70.3 Å². The molecule has 0 aromatic heterocycles. The van der Waals surface area contributed by atoms with E-state index in [2.05, 4.69) is 17.3 Å². The molecule has 4 atom stereocenters. The quantitative estimate of drug-likeness (QED) is 0.840. The lowest BCUT2D eigenvalue weighted by Gasteiger charge is -2.43. The fraction of sp³-hybridized carbons (Fsp3) is 1.00. The van der Waals surface area contributed by atoms with E-state index in [1.807, 2.05) is 0 Å². The lowest BCUT2D eigenvalue weighted by molar-refractivity contribution is 0.0807. The van der Waals surface area contributed by atoms with Crippen molar-refractivity contribution in [1.82, 2.24) is 10.2 Å². The van der Waals surface area contributed by atoms with Gasteiger partial charge in [-0.2, -0.15) is 0 Å². The van der Waals surface area contributed by atoms with Crippen LogP contribution in [0, 0.1) is 11.8 Å². The number of nitrogens with one attached hydrogen (secondary N) is 1. The van der Waals surface area contributed by atoms with Gasteiger partial charge in [0.05, 0.1) is 0 Å². The summed E-state index contributed by atoms with van der Waals surface area (Å²) in [5.41, 5.74) is 0.